The van der Waals surface area contributed by atoms with Crippen LogP contribution in [0.2, 0.25) is 0 Å². The number of carbonyl (C=O) groups is 3. The highest BCUT2D eigenvalue weighted by atomic mass is 16.5. The summed E-state index contributed by atoms with van der Waals surface area (Å²) in [7, 11) is 1.37. The van der Waals surface area contributed by atoms with Crippen molar-refractivity contribution < 1.29 is 23.9 Å². The molecule has 7 heteroatoms. The van der Waals surface area contributed by atoms with Crippen molar-refractivity contribution in [3.63, 3.8) is 0 Å². The number of carbonyl (C=O) groups excluding carboxylic acids is 3. The van der Waals surface area contributed by atoms with Crippen molar-refractivity contribution in [2.75, 3.05) is 44.9 Å². The Labute approximate surface area is 151 Å². The number of rotatable bonds is 3. The number of anilines is 1. The molecular formula is C19H22N2O5. The predicted molar refractivity (Wildman–Crippen MR) is 92.7 cm³/mol. The van der Waals surface area contributed by atoms with Gasteiger partial charge in [0, 0.05) is 43.2 Å². The number of likely N-dealkylation sites (tertiary alicyclic amines) is 1. The van der Waals surface area contributed by atoms with Gasteiger partial charge in [0.2, 0.25) is 5.91 Å². The fourth-order valence-electron chi connectivity index (χ4n) is 4.29. The summed E-state index contributed by atoms with van der Waals surface area (Å²) in [4.78, 5) is 40.7. The Morgan fingerprint density at radius 1 is 1.35 bits per heavy atom. The average molecular weight is 358 g/mol. The zero-order valence-corrected chi connectivity index (χ0v) is 14.8. The smallest absolute Gasteiger partial charge is 0.316 e. The first-order valence-electron chi connectivity index (χ1n) is 8.91. The maximum atomic E-state index is 13.0. The molecule has 0 N–H and O–H groups in total. The van der Waals surface area contributed by atoms with E-state index in [2.05, 4.69) is 0 Å². The van der Waals surface area contributed by atoms with E-state index in [4.69, 9.17) is 9.47 Å². The van der Waals surface area contributed by atoms with Crippen LogP contribution in [0.4, 0.5) is 5.69 Å². The van der Waals surface area contributed by atoms with E-state index in [1.165, 1.54) is 7.11 Å². The molecule has 4 rings (SSSR count). The third-order valence-electron chi connectivity index (χ3n) is 5.73. The van der Waals surface area contributed by atoms with Gasteiger partial charge in [0.15, 0.2) is 0 Å². The van der Waals surface area contributed by atoms with Crippen molar-refractivity contribution >= 4 is 23.5 Å². The Kier molecular flexibility index (Phi) is 4.19. The normalized spacial score (nSPS) is 27.7. The van der Waals surface area contributed by atoms with Crippen molar-refractivity contribution in [3.05, 3.63) is 29.8 Å². The standard InChI is InChI=1S/C19H22N2O5/c1-25-18(24)19-11-20(9-14(19)10-26-12-19)17(23)13-4-2-5-15(8-13)21-7-3-6-16(21)22/h2,4-5,8,14H,3,6-7,9-12H2,1H3/t14-,19-/m0/s1. The largest absolute Gasteiger partial charge is 0.468 e. The number of nitrogens with zero attached hydrogens (tertiary/aromatic N) is 2. The van der Waals surface area contributed by atoms with Crippen LogP contribution in [-0.2, 0) is 19.1 Å². The highest BCUT2D eigenvalue weighted by Gasteiger charge is 2.57. The first-order valence-corrected chi connectivity index (χ1v) is 8.91. The van der Waals surface area contributed by atoms with Crippen LogP contribution >= 0.6 is 0 Å². The van der Waals surface area contributed by atoms with E-state index in [-0.39, 0.29) is 30.3 Å². The number of methoxy groups -OCH3 is 1. The molecule has 3 heterocycles. The van der Waals surface area contributed by atoms with E-state index in [0.29, 0.717) is 38.2 Å². The maximum absolute atomic E-state index is 13.0. The van der Waals surface area contributed by atoms with Gasteiger partial charge in [-0.15, -0.1) is 0 Å². The van der Waals surface area contributed by atoms with Gasteiger partial charge in [-0.05, 0) is 24.6 Å². The molecule has 2 atom stereocenters. The molecule has 0 spiro atoms. The zero-order valence-electron chi connectivity index (χ0n) is 14.8. The van der Waals surface area contributed by atoms with Gasteiger partial charge in [-0.3, -0.25) is 14.4 Å². The van der Waals surface area contributed by atoms with Crippen molar-refractivity contribution in [2.24, 2.45) is 11.3 Å². The summed E-state index contributed by atoms with van der Waals surface area (Å²) in [6, 6.07) is 7.16. The first kappa shape index (κ1) is 17.0. The monoisotopic (exact) mass is 358 g/mol. The predicted octanol–water partition coefficient (Wildman–Crippen LogP) is 1.07. The Bertz CT molecular complexity index is 764. The molecule has 3 saturated heterocycles. The summed E-state index contributed by atoms with van der Waals surface area (Å²) in [5, 5.41) is 0. The molecule has 0 radical (unpaired) electrons. The lowest BCUT2D eigenvalue weighted by atomic mass is 9.81. The first-order chi connectivity index (χ1) is 12.5. The van der Waals surface area contributed by atoms with E-state index in [0.717, 1.165) is 12.1 Å². The molecular weight excluding hydrogens is 336 g/mol. The number of amides is 2. The van der Waals surface area contributed by atoms with Crippen molar-refractivity contribution in [1.29, 1.82) is 0 Å². The minimum absolute atomic E-state index is 0.0396. The van der Waals surface area contributed by atoms with Crippen LogP contribution in [0.5, 0.6) is 0 Å². The second-order valence-electron chi connectivity index (χ2n) is 7.24. The summed E-state index contributed by atoms with van der Waals surface area (Å²) < 4.78 is 10.5. The lowest BCUT2D eigenvalue weighted by molar-refractivity contribution is -0.153. The summed E-state index contributed by atoms with van der Waals surface area (Å²) in [5.41, 5.74) is 0.527. The molecule has 0 bridgehead atoms. The van der Waals surface area contributed by atoms with E-state index in [1.54, 1.807) is 28.0 Å². The Hall–Kier alpha value is -2.41. The van der Waals surface area contributed by atoms with Gasteiger partial charge in [0.05, 0.1) is 20.3 Å². The molecule has 0 aliphatic carbocycles. The van der Waals surface area contributed by atoms with Crippen LogP contribution in [0.1, 0.15) is 23.2 Å². The minimum Gasteiger partial charge on any atom is -0.468 e. The molecule has 7 nitrogen and oxygen atoms in total. The number of benzene rings is 1. The SMILES string of the molecule is COC(=O)[C@@]12COC[C@@H]1CN(C(=O)c1cccc(N3CCCC3=O)c1)C2. The van der Waals surface area contributed by atoms with Gasteiger partial charge in [0.1, 0.15) is 5.41 Å². The zero-order chi connectivity index (χ0) is 18.3. The summed E-state index contributed by atoms with van der Waals surface area (Å²) in [6.07, 6.45) is 1.39. The third kappa shape index (κ3) is 2.58. The van der Waals surface area contributed by atoms with Gasteiger partial charge < -0.3 is 19.3 Å². The van der Waals surface area contributed by atoms with E-state index < -0.39 is 5.41 Å². The molecule has 0 unspecified atom stereocenters. The summed E-state index contributed by atoms with van der Waals surface area (Å²) in [6.45, 7) is 2.21. The molecule has 138 valence electrons. The molecule has 26 heavy (non-hydrogen) atoms. The minimum atomic E-state index is -0.757. The van der Waals surface area contributed by atoms with Gasteiger partial charge in [-0.1, -0.05) is 6.07 Å². The molecule has 2 amide bonds. The molecule has 3 aliphatic rings. The fourth-order valence-corrected chi connectivity index (χ4v) is 4.29. The van der Waals surface area contributed by atoms with Crippen LogP contribution < -0.4 is 4.90 Å². The van der Waals surface area contributed by atoms with Gasteiger partial charge >= 0.3 is 5.97 Å². The Morgan fingerprint density at radius 2 is 2.19 bits per heavy atom. The van der Waals surface area contributed by atoms with Crippen LogP contribution in [0.3, 0.4) is 0 Å². The number of hydrogen-bond donors (Lipinski definition) is 0. The van der Waals surface area contributed by atoms with Crippen LogP contribution in [0, 0.1) is 11.3 Å². The lowest BCUT2D eigenvalue weighted by Crippen LogP contribution is -2.41. The molecule has 3 aliphatic heterocycles. The number of esters is 1. The highest BCUT2D eigenvalue weighted by Crippen LogP contribution is 2.42. The topological polar surface area (TPSA) is 76.2 Å². The molecule has 3 fully saturated rings. The van der Waals surface area contributed by atoms with Gasteiger partial charge in [-0.25, -0.2) is 0 Å². The van der Waals surface area contributed by atoms with Crippen molar-refractivity contribution in [1.82, 2.24) is 4.90 Å². The summed E-state index contributed by atoms with van der Waals surface area (Å²) in [5.74, 6) is -0.391. The van der Waals surface area contributed by atoms with Crippen LogP contribution in [-0.4, -0.2) is 62.6 Å². The summed E-state index contributed by atoms with van der Waals surface area (Å²) >= 11 is 0. The Morgan fingerprint density at radius 3 is 2.92 bits per heavy atom. The molecule has 1 aromatic carbocycles. The van der Waals surface area contributed by atoms with Crippen molar-refractivity contribution in [3.8, 4) is 0 Å². The van der Waals surface area contributed by atoms with E-state index in [1.807, 2.05) is 6.07 Å². The van der Waals surface area contributed by atoms with E-state index >= 15 is 0 Å². The lowest BCUT2D eigenvalue weighted by Gasteiger charge is -2.24. The number of hydrogen-bond acceptors (Lipinski definition) is 5. The quantitative estimate of drug-likeness (QED) is 0.756. The van der Waals surface area contributed by atoms with Gasteiger partial charge in [0.25, 0.3) is 5.91 Å². The van der Waals surface area contributed by atoms with Crippen molar-refractivity contribution in [2.45, 2.75) is 12.8 Å². The number of ether oxygens (including phenoxy) is 2. The molecule has 0 aromatic heterocycles. The molecule has 0 saturated carbocycles. The second-order valence-corrected chi connectivity index (χ2v) is 7.24. The highest BCUT2D eigenvalue weighted by molar-refractivity contribution is 5.99. The third-order valence-corrected chi connectivity index (χ3v) is 5.73. The Balaban J connectivity index is 1.55. The maximum Gasteiger partial charge on any atom is 0.316 e. The average Bonchev–Trinajstić information content (AvgIpc) is 3.34. The van der Waals surface area contributed by atoms with Gasteiger partial charge in [-0.2, -0.15) is 0 Å². The van der Waals surface area contributed by atoms with E-state index in [9.17, 15) is 14.4 Å². The second kappa shape index (κ2) is 6.39. The number of fused-ring (bicyclic) bond motifs is 1. The van der Waals surface area contributed by atoms with Crippen LogP contribution in [0.25, 0.3) is 0 Å². The molecule has 1 aromatic rings. The van der Waals surface area contributed by atoms with Crippen LogP contribution in [0.15, 0.2) is 24.3 Å². The fraction of sp³-hybridized carbons (Fsp3) is 0.526.